The number of carbonyl (C=O) groups excluding carboxylic acids is 1. The molecule has 1 aromatic carbocycles. The molecule has 1 unspecified atom stereocenters. The van der Waals surface area contributed by atoms with Crippen LogP contribution in [0.3, 0.4) is 0 Å². The Morgan fingerprint density at radius 1 is 1.33 bits per heavy atom. The summed E-state index contributed by atoms with van der Waals surface area (Å²) in [7, 11) is 0. The number of Topliss-reactive ketones (excluding diaryl/α,β-unsaturated/α-hetero) is 1. The summed E-state index contributed by atoms with van der Waals surface area (Å²) in [5, 5.41) is 3.36. The highest BCUT2D eigenvalue weighted by Gasteiger charge is 2.30. The van der Waals surface area contributed by atoms with E-state index in [0.717, 1.165) is 17.8 Å². The van der Waals surface area contributed by atoms with Crippen LogP contribution >= 0.6 is 11.8 Å². The normalized spacial score (nSPS) is 23.6. The van der Waals surface area contributed by atoms with Gasteiger partial charge in [0.1, 0.15) is 5.25 Å². The zero-order chi connectivity index (χ0) is 10.3. The second-order valence-corrected chi connectivity index (χ2v) is 4.93. The fourth-order valence-corrected chi connectivity index (χ4v) is 3.17. The minimum atomic E-state index is 0.00801. The van der Waals surface area contributed by atoms with Crippen LogP contribution in [0.4, 0.5) is 5.69 Å². The Balaban J connectivity index is 2.04. The molecule has 3 rings (SSSR count). The average molecular weight is 217 g/mol. The first-order valence-electron chi connectivity index (χ1n) is 5.10. The van der Waals surface area contributed by atoms with Crippen LogP contribution in [0.5, 0.6) is 0 Å². The highest BCUT2D eigenvalue weighted by Crippen LogP contribution is 2.41. The van der Waals surface area contributed by atoms with Crippen LogP contribution in [0.1, 0.15) is 12.8 Å². The third-order valence-electron chi connectivity index (χ3n) is 2.74. The fraction of sp³-hybridized carbons (Fsp3) is 0.250. The van der Waals surface area contributed by atoms with Crippen LogP contribution in [0.15, 0.2) is 40.9 Å². The van der Waals surface area contributed by atoms with Gasteiger partial charge in [-0.2, -0.15) is 0 Å². The zero-order valence-electron chi connectivity index (χ0n) is 8.19. The predicted molar refractivity (Wildman–Crippen MR) is 62.0 cm³/mol. The Hall–Kier alpha value is -1.22. The van der Waals surface area contributed by atoms with Crippen molar-refractivity contribution < 1.29 is 4.79 Å². The zero-order valence-corrected chi connectivity index (χ0v) is 9.01. The molecule has 15 heavy (non-hydrogen) atoms. The molecule has 0 fully saturated rings. The Morgan fingerprint density at radius 3 is 3.13 bits per heavy atom. The van der Waals surface area contributed by atoms with Gasteiger partial charge in [-0.3, -0.25) is 4.79 Å². The maximum absolute atomic E-state index is 11.7. The summed E-state index contributed by atoms with van der Waals surface area (Å²) in [6.07, 6.45) is 3.71. The highest BCUT2D eigenvalue weighted by atomic mass is 32.2. The minimum Gasteiger partial charge on any atom is -0.357 e. The van der Waals surface area contributed by atoms with E-state index in [1.165, 1.54) is 4.90 Å². The molecule has 2 nitrogen and oxygen atoms in total. The number of hydrogen-bond donors (Lipinski definition) is 1. The van der Waals surface area contributed by atoms with E-state index in [-0.39, 0.29) is 5.25 Å². The van der Waals surface area contributed by atoms with Gasteiger partial charge in [0.2, 0.25) is 0 Å². The number of nitrogens with one attached hydrogen (secondary N) is 1. The molecule has 1 aliphatic carbocycles. The lowest BCUT2D eigenvalue weighted by Gasteiger charge is -2.29. The van der Waals surface area contributed by atoms with Gasteiger partial charge < -0.3 is 5.32 Å². The molecular formula is C12H11NOS. The van der Waals surface area contributed by atoms with Crippen molar-refractivity contribution in [3.63, 3.8) is 0 Å². The molecule has 1 heterocycles. The number of anilines is 1. The molecule has 1 N–H and O–H groups in total. The SMILES string of the molecule is O=C1CCC=C2Nc3ccccc3SC12. The van der Waals surface area contributed by atoms with Gasteiger partial charge >= 0.3 is 0 Å². The molecule has 0 saturated heterocycles. The summed E-state index contributed by atoms with van der Waals surface area (Å²) >= 11 is 1.67. The first-order valence-corrected chi connectivity index (χ1v) is 5.98. The Kier molecular flexibility index (Phi) is 2.06. The van der Waals surface area contributed by atoms with E-state index in [0.29, 0.717) is 12.2 Å². The van der Waals surface area contributed by atoms with Crippen molar-refractivity contribution in [1.82, 2.24) is 0 Å². The molecule has 1 atom stereocenters. The van der Waals surface area contributed by atoms with Crippen LogP contribution in [-0.2, 0) is 4.79 Å². The Morgan fingerprint density at radius 2 is 2.20 bits per heavy atom. The lowest BCUT2D eigenvalue weighted by Crippen LogP contribution is -2.29. The second kappa shape index (κ2) is 3.42. The van der Waals surface area contributed by atoms with Crippen molar-refractivity contribution in [3.05, 3.63) is 36.0 Å². The van der Waals surface area contributed by atoms with Crippen molar-refractivity contribution in [2.24, 2.45) is 0 Å². The van der Waals surface area contributed by atoms with Gasteiger partial charge in [-0.25, -0.2) is 0 Å². The maximum atomic E-state index is 11.7. The number of carbonyl (C=O) groups is 1. The summed E-state index contributed by atoms with van der Waals surface area (Å²) in [5.74, 6) is 0.347. The molecule has 0 amide bonds. The van der Waals surface area contributed by atoms with Crippen molar-refractivity contribution >= 4 is 23.2 Å². The predicted octanol–water partition coefficient (Wildman–Crippen LogP) is 2.82. The summed E-state index contributed by atoms with van der Waals surface area (Å²) in [4.78, 5) is 12.9. The summed E-state index contributed by atoms with van der Waals surface area (Å²) in [6, 6.07) is 8.14. The average Bonchev–Trinajstić information content (AvgIpc) is 2.27. The van der Waals surface area contributed by atoms with E-state index in [2.05, 4.69) is 23.5 Å². The number of fused-ring (bicyclic) bond motifs is 2. The molecule has 0 aromatic heterocycles. The maximum Gasteiger partial charge on any atom is 0.152 e. The van der Waals surface area contributed by atoms with E-state index in [9.17, 15) is 4.79 Å². The molecular weight excluding hydrogens is 206 g/mol. The molecule has 3 heteroatoms. The van der Waals surface area contributed by atoms with Gasteiger partial charge in [0.15, 0.2) is 5.78 Å². The molecule has 76 valence electrons. The Labute approximate surface area is 92.8 Å². The summed E-state index contributed by atoms with van der Waals surface area (Å²) < 4.78 is 0. The van der Waals surface area contributed by atoms with Crippen LogP contribution in [0, 0.1) is 0 Å². The van der Waals surface area contributed by atoms with Gasteiger partial charge in [0.25, 0.3) is 0 Å². The van der Waals surface area contributed by atoms with Gasteiger partial charge in [-0.15, -0.1) is 11.8 Å². The smallest absolute Gasteiger partial charge is 0.152 e. The van der Waals surface area contributed by atoms with Crippen molar-refractivity contribution in [1.29, 1.82) is 0 Å². The van der Waals surface area contributed by atoms with Gasteiger partial charge in [-0.05, 0) is 18.6 Å². The van der Waals surface area contributed by atoms with E-state index in [4.69, 9.17) is 0 Å². The van der Waals surface area contributed by atoms with Gasteiger partial charge in [-0.1, -0.05) is 18.2 Å². The van der Waals surface area contributed by atoms with Gasteiger partial charge in [0.05, 0.1) is 5.69 Å². The van der Waals surface area contributed by atoms with Gasteiger partial charge in [0, 0.05) is 17.0 Å². The number of ketones is 1. The lowest BCUT2D eigenvalue weighted by atomic mass is 10.0. The monoisotopic (exact) mass is 217 g/mol. The van der Waals surface area contributed by atoms with Crippen molar-refractivity contribution in [2.45, 2.75) is 23.0 Å². The minimum absolute atomic E-state index is 0.00801. The second-order valence-electron chi connectivity index (χ2n) is 3.78. The number of thioether (sulfide) groups is 1. The van der Waals surface area contributed by atoms with Crippen LogP contribution < -0.4 is 5.32 Å². The number of benzene rings is 1. The molecule has 0 saturated carbocycles. The van der Waals surface area contributed by atoms with Crippen LogP contribution in [-0.4, -0.2) is 11.0 Å². The first-order chi connectivity index (χ1) is 7.34. The summed E-state index contributed by atoms with van der Waals surface area (Å²) in [5.41, 5.74) is 2.20. The third kappa shape index (κ3) is 1.47. The summed E-state index contributed by atoms with van der Waals surface area (Å²) in [6.45, 7) is 0. The Bertz CT molecular complexity index is 453. The molecule has 0 spiro atoms. The van der Waals surface area contributed by atoms with Crippen molar-refractivity contribution in [2.75, 3.05) is 5.32 Å². The quantitative estimate of drug-likeness (QED) is 0.724. The van der Waals surface area contributed by atoms with E-state index >= 15 is 0 Å². The third-order valence-corrected chi connectivity index (χ3v) is 4.10. The molecule has 2 aliphatic rings. The first kappa shape index (κ1) is 9.04. The number of rotatable bonds is 0. The van der Waals surface area contributed by atoms with Crippen LogP contribution in [0.25, 0.3) is 0 Å². The standard InChI is InChI=1S/C12H11NOS/c14-10-6-3-5-9-12(10)15-11-7-2-1-4-8(11)13-9/h1-2,4-5,7,12-13H,3,6H2. The molecule has 0 bridgehead atoms. The molecule has 1 aliphatic heterocycles. The topological polar surface area (TPSA) is 29.1 Å². The number of allylic oxidation sites excluding steroid dienone is 1. The molecule has 0 radical (unpaired) electrons. The largest absolute Gasteiger partial charge is 0.357 e. The van der Waals surface area contributed by atoms with E-state index in [1.807, 2.05) is 12.1 Å². The lowest BCUT2D eigenvalue weighted by molar-refractivity contribution is -0.118. The van der Waals surface area contributed by atoms with E-state index in [1.54, 1.807) is 11.8 Å². The highest BCUT2D eigenvalue weighted by molar-refractivity contribution is 8.01. The van der Waals surface area contributed by atoms with Crippen LogP contribution in [0.2, 0.25) is 0 Å². The number of para-hydroxylation sites is 1. The number of hydrogen-bond acceptors (Lipinski definition) is 3. The molecule has 1 aromatic rings. The fourth-order valence-electron chi connectivity index (χ4n) is 1.98. The van der Waals surface area contributed by atoms with Crippen molar-refractivity contribution in [3.8, 4) is 0 Å². The van der Waals surface area contributed by atoms with E-state index < -0.39 is 0 Å².